The number of hydrogen-bond donors (Lipinski definition) is 1. The summed E-state index contributed by atoms with van der Waals surface area (Å²) in [6, 6.07) is 16.2. The molecule has 0 saturated carbocycles. The summed E-state index contributed by atoms with van der Waals surface area (Å²) >= 11 is 0. The van der Waals surface area contributed by atoms with Gasteiger partial charge in [0, 0.05) is 23.9 Å². The van der Waals surface area contributed by atoms with Crippen LogP contribution in [0.15, 0.2) is 53.3 Å². The summed E-state index contributed by atoms with van der Waals surface area (Å²) in [7, 11) is 2.01. The van der Waals surface area contributed by atoms with E-state index in [0.717, 1.165) is 11.1 Å². The van der Waals surface area contributed by atoms with E-state index >= 15 is 0 Å². The Morgan fingerprint density at radius 1 is 1.15 bits per heavy atom. The lowest BCUT2D eigenvalue weighted by Gasteiger charge is -2.53. The van der Waals surface area contributed by atoms with E-state index in [2.05, 4.69) is 30.0 Å². The molecule has 1 aliphatic heterocycles. The zero-order valence-electron chi connectivity index (χ0n) is 15.2. The number of allylic oxidation sites excluding steroid dienone is 2. The van der Waals surface area contributed by atoms with Gasteiger partial charge in [0.2, 0.25) is 0 Å². The van der Waals surface area contributed by atoms with Crippen LogP contribution in [-0.4, -0.2) is 24.5 Å². The number of nitriles is 3. The van der Waals surface area contributed by atoms with Gasteiger partial charge in [-0.3, -0.25) is 4.90 Å². The van der Waals surface area contributed by atoms with Crippen molar-refractivity contribution >= 4 is 0 Å². The minimum absolute atomic E-state index is 0.0688. The molecule has 0 bridgehead atoms. The van der Waals surface area contributed by atoms with E-state index < -0.39 is 16.7 Å². The largest absolute Gasteiger partial charge is 0.399 e. The molecule has 26 heavy (non-hydrogen) atoms. The molecular weight excluding hydrogens is 322 g/mol. The molecule has 3 atom stereocenters. The van der Waals surface area contributed by atoms with E-state index in [0.29, 0.717) is 6.54 Å². The average molecular weight is 343 g/mol. The van der Waals surface area contributed by atoms with Crippen LogP contribution in [-0.2, 0) is 0 Å². The van der Waals surface area contributed by atoms with Crippen LogP contribution in [0.4, 0.5) is 0 Å². The van der Waals surface area contributed by atoms with Crippen molar-refractivity contribution < 1.29 is 0 Å². The summed E-state index contributed by atoms with van der Waals surface area (Å²) in [5.74, 6) is -0.468. The Balaban J connectivity index is 2.44. The standard InChI is InChI=1S/C21H21N5/c1-14-9-17-16(10-22)19(25)21(11-23,12-24)18(15-7-5-4-6-8-15)20(17,2)13-26(14)3/h4-9,14,18H,13,25H2,1-3H3/t14-,18-,20-/m1/s1. The van der Waals surface area contributed by atoms with Gasteiger partial charge in [0.05, 0.1) is 23.4 Å². The van der Waals surface area contributed by atoms with Gasteiger partial charge in [0.25, 0.3) is 0 Å². The normalized spacial score (nSPS) is 30.4. The Bertz CT molecular complexity index is 908. The quantitative estimate of drug-likeness (QED) is 0.845. The molecule has 0 spiro atoms. The molecule has 2 N–H and O–H groups in total. The van der Waals surface area contributed by atoms with Gasteiger partial charge in [-0.1, -0.05) is 43.3 Å². The molecule has 1 aromatic rings. The van der Waals surface area contributed by atoms with Crippen LogP contribution in [0.2, 0.25) is 0 Å². The number of hydrogen-bond acceptors (Lipinski definition) is 5. The Morgan fingerprint density at radius 3 is 2.31 bits per heavy atom. The lowest BCUT2D eigenvalue weighted by Crippen LogP contribution is -2.54. The van der Waals surface area contributed by atoms with Gasteiger partial charge in [-0.25, -0.2) is 0 Å². The SMILES string of the molecule is C[C@@H]1C=C2C(C#N)=C(N)C(C#N)(C#N)[C@H](c3ccccc3)[C@]2(C)CN1C. The Morgan fingerprint density at radius 2 is 1.77 bits per heavy atom. The van der Waals surface area contributed by atoms with E-state index in [1.165, 1.54) is 0 Å². The van der Waals surface area contributed by atoms with E-state index in [1.54, 1.807) is 0 Å². The van der Waals surface area contributed by atoms with Crippen LogP contribution in [0.1, 0.15) is 25.3 Å². The number of benzene rings is 1. The number of nitrogens with two attached hydrogens (primary N) is 1. The minimum atomic E-state index is -1.58. The fourth-order valence-electron chi connectivity index (χ4n) is 4.56. The second-order valence-electron chi connectivity index (χ2n) is 7.43. The summed E-state index contributed by atoms with van der Waals surface area (Å²) in [6.07, 6.45) is 2.05. The number of fused-ring (bicyclic) bond motifs is 1. The molecule has 0 radical (unpaired) electrons. The molecule has 2 aliphatic rings. The van der Waals surface area contributed by atoms with Gasteiger partial charge in [-0.05, 0) is 25.1 Å². The molecule has 0 amide bonds. The monoisotopic (exact) mass is 343 g/mol. The molecule has 0 saturated heterocycles. The van der Waals surface area contributed by atoms with Crippen molar-refractivity contribution in [2.75, 3.05) is 13.6 Å². The highest BCUT2D eigenvalue weighted by molar-refractivity contribution is 5.61. The van der Waals surface area contributed by atoms with Crippen LogP contribution in [0, 0.1) is 44.8 Å². The molecular formula is C21H21N5. The molecule has 0 unspecified atom stereocenters. The topological polar surface area (TPSA) is 101 Å². The number of nitrogens with zero attached hydrogens (tertiary/aromatic N) is 4. The highest BCUT2D eigenvalue weighted by Crippen LogP contribution is 2.60. The smallest absolute Gasteiger partial charge is 0.191 e. The van der Waals surface area contributed by atoms with E-state index in [-0.39, 0.29) is 17.3 Å². The third kappa shape index (κ3) is 2.17. The van der Waals surface area contributed by atoms with E-state index in [1.807, 2.05) is 50.4 Å². The van der Waals surface area contributed by atoms with Crippen molar-refractivity contribution in [3.63, 3.8) is 0 Å². The summed E-state index contributed by atoms with van der Waals surface area (Å²) in [5, 5.41) is 29.9. The van der Waals surface area contributed by atoms with Crippen LogP contribution in [0.25, 0.3) is 0 Å². The van der Waals surface area contributed by atoms with Crippen molar-refractivity contribution in [3.8, 4) is 18.2 Å². The van der Waals surface area contributed by atoms with E-state index in [4.69, 9.17) is 5.73 Å². The zero-order chi connectivity index (χ0) is 19.1. The predicted molar refractivity (Wildman–Crippen MR) is 98.0 cm³/mol. The second-order valence-corrected chi connectivity index (χ2v) is 7.43. The van der Waals surface area contributed by atoms with Crippen molar-refractivity contribution in [1.82, 2.24) is 4.90 Å². The summed E-state index contributed by atoms with van der Waals surface area (Å²) in [6.45, 7) is 4.72. The van der Waals surface area contributed by atoms with Crippen LogP contribution in [0.3, 0.4) is 0 Å². The molecule has 5 nitrogen and oxygen atoms in total. The van der Waals surface area contributed by atoms with Crippen molar-refractivity contribution in [3.05, 3.63) is 58.8 Å². The van der Waals surface area contributed by atoms with Gasteiger partial charge < -0.3 is 5.73 Å². The number of likely N-dealkylation sites (N-methyl/N-ethyl adjacent to an activating group) is 1. The van der Waals surface area contributed by atoms with Gasteiger partial charge in [0.15, 0.2) is 5.41 Å². The molecule has 130 valence electrons. The highest BCUT2D eigenvalue weighted by atomic mass is 15.1. The Kier molecular flexibility index (Phi) is 4.11. The highest BCUT2D eigenvalue weighted by Gasteiger charge is 2.60. The first kappa shape index (κ1) is 17.7. The third-order valence-corrected chi connectivity index (χ3v) is 5.93. The molecule has 3 rings (SSSR count). The van der Waals surface area contributed by atoms with Gasteiger partial charge in [-0.2, -0.15) is 15.8 Å². The van der Waals surface area contributed by atoms with Crippen LogP contribution >= 0.6 is 0 Å². The zero-order valence-corrected chi connectivity index (χ0v) is 15.2. The maximum atomic E-state index is 10.1. The van der Waals surface area contributed by atoms with Crippen LogP contribution in [0.5, 0.6) is 0 Å². The maximum absolute atomic E-state index is 10.1. The average Bonchev–Trinajstić information content (AvgIpc) is 2.64. The lowest BCUT2D eigenvalue weighted by molar-refractivity contribution is 0.124. The molecule has 1 aromatic carbocycles. The Hall–Kier alpha value is -3.07. The first-order valence-electron chi connectivity index (χ1n) is 8.56. The van der Waals surface area contributed by atoms with Crippen LogP contribution < -0.4 is 5.73 Å². The van der Waals surface area contributed by atoms with Crippen molar-refractivity contribution in [2.45, 2.75) is 25.8 Å². The maximum Gasteiger partial charge on any atom is 0.191 e. The van der Waals surface area contributed by atoms with Gasteiger partial charge in [0.1, 0.15) is 6.07 Å². The molecule has 0 aromatic heterocycles. The second kappa shape index (κ2) is 6.03. The predicted octanol–water partition coefficient (Wildman–Crippen LogP) is 2.82. The van der Waals surface area contributed by atoms with Crippen molar-refractivity contribution in [1.29, 1.82) is 15.8 Å². The van der Waals surface area contributed by atoms with Crippen molar-refractivity contribution in [2.24, 2.45) is 16.6 Å². The van der Waals surface area contributed by atoms with Gasteiger partial charge in [-0.15, -0.1) is 0 Å². The third-order valence-electron chi connectivity index (χ3n) is 5.93. The summed E-state index contributed by atoms with van der Waals surface area (Å²) < 4.78 is 0. The first-order chi connectivity index (χ1) is 12.4. The first-order valence-corrected chi connectivity index (χ1v) is 8.56. The molecule has 1 aliphatic carbocycles. The number of rotatable bonds is 1. The summed E-state index contributed by atoms with van der Waals surface area (Å²) in [5.41, 5.74) is 6.23. The molecule has 0 fully saturated rings. The fourth-order valence-corrected chi connectivity index (χ4v) is 4.56. The molecule has 5 heteroatoms. The Labute approximate surface area is 154 Å². The minimum Gasteiger partial charge on any atom is -0.399 e. The summed E-state index contributed by atoms with van der Waals surface area (Å²) in [4.78, 5) is 2.18. The fraction of sp³-hybridized carbons (Fsp3) is 0.381. The molecule has 1 heterocycles. The van der Waals surface area contributed by atoms with Gasteiger partial charge >= 0.3 is 0 Å². The lowest BCUT2D eigenvalue weighted by atomic mass is 9.51. The van der Waals surface area contributed by atoms with E-state index in [9.17, 15) is 15.8 Å².